The van der Waals surface area contributed by atoms with E-state index in [0.29, 0.717) is 6.07 Å². The first-order valence-corrected chi connectivity index (χ1v) is 11.7. The lowest BCUT2D eigenvalue weighted by Crippen LogP contribution is -2.15. The average Bonchev–Trinajstić information content (AvgIpc) is 2.70. The van der Waals surface area contributed by atoms with Gasteiger partial charge in [-0.15, -0.1) is 0 Å². The van der Waals surface area contributed by atoms with E-state index >= 15 is 0 Å². The molecule has 0 aliphatic carbocycles. The molecular formula is C22H16ClF5N2O3S. The Balaban J connectivity index is 2.07. The normalized spacial score (nSPS) is 13.3. The molecule has 0 heterocycles. The maximum atomic E-state index is 13.9. The highest BCUT2D eigenvalue weighted by Gasteiger charge is 2.35. The molecule has 2 N–H and O–H groups in total. The van der Waals surface area contributed by atoms with Gasteiger partial charge in [0.05, 0.1) is 30.8 Å². The number of nitrogens with one attached hydrogen (secondary N) is 2. The highest BCUT2D eigenvalue weighted by Crippen LogP contribution is 2.40. The number of carbonyl (C=O) groups excluding carboxylic acids is 1. The number of carbonyl (C=O) groups is 1. The molecule has 0 saturated heterocycles. The number of amides is 1. The fourth-order valence-corrected chi connectivity index (χ4v) is 4.02. The van der Waals surface area contributed by atoms with Gasteiger partial charge in [-0.25, -0.2) is 17.8 Å². The van der Waals surface area contributed by atoms with Gasteiger partial charge in [0.25, 0.3) is 5.91 Å². The van der Waals surface area contributed by atoms with Crippen molar-refractivity contribution in [2.75, 3.05) is 11.6 Å². The fourth-order valence-electron chi connectivity index (χ4n) is 2.96. The molecule has 0 aliphatic rings. The molecule has 1 unspecified atom stereocenters. The predicted octanol–water partition coefficient (Wildman–Crippen LogP) is 7.03. The summed E-state index contributed by atoms with van der Waals surface area (Å²) in [7, 11) is -3.47. The molecule has 12 heteroatoms. The smallest absolute Gasteiger partial charge is 0.417 e. The van der Waals surface area contributed by atoms with Crippen molar-refractivity contribution >= 4 is 32.9 Å². The molecule has 5 nitrogen and oxygen atoms in total. The summed E-state index contributed by atoms with van der Waals surface area (Å²) in [5.74, 6) is -3.02. The third-order valence-corrected chi connectivity index (χ3v) is 6.05. The summed E-state index contributed by atoms with van der Waals surface area (Å²) in [4.78, 5) is 12.5. The maximum Gasteiger partial charge on any atom is 0.417 e. The van der Waals surface area contributed by atoms with E-state index in [1.54, 1.807) is 0 Å². The Bertz CT molecular complexity index is 1390. The fraction of sp³-hybridized carbons (Fsp3) is 0.136. The highest BCUT2D eigenvalue weighted by molar-refractivity contribution is 7.91. The van der Waals surface area contributed by atoms with E-state index in [1.165, 1.54) is 13.0 Å². The van der Waals surface area contributed by atoms with Crippen molar-refractivity contribution in [2.24, 2.45) is 0 Å². The SMILES string of the molecule is Cc1cc(F)ccc1Oc1cc(C(F)(F)F)c(Cl)cc1C(=O)Nc1ccc(F)c(S(C)(=N)=O)c1. The van der Waals surface area contributed by atoms with Crippen molar-refractivity contribution in [3.63, 3.8) is 0 Å². The van der Waals surface area contributed by atoms with Gasteiger partial charge in [-0.05, 0) is 61.0 Å². The zero-order chi connectivity index (χ0) is 25.4. The molecule has 3 rings (SSSR count). The van der Waals surface area contributed by atoms with Crippen LogP contribution in [0.3, 0.4) is 0 Å². The molecule has 0 radical (unpaired) electrons. The van der Waals surface area contributed by atoms with Gasteiger partial charge < -0.3 is 10.1 Å². The van der Waals surface area contributed by atoms with Gasteiger partial charge in [0, 0.05) is 11.9 Å². The molecule has 0 saturated carbocycles. The van der Waals surface area contributed by atoms with E-state index in [2.05, 4.69) is 5.32 Å². The lowest BCUT2D eigenvalue weighted by Gasteiger charge is -2.17. The molecule has 1 atom stereocenters. The topological polar surface area (TPSA) is 79.2 Å². The first-order valence-electron chi connectivity index (χ1n) is 9.36. The van der Waals surface area contributed by atoms with Gasteiger partial charge in [0.15, 0.2) is 0 Å². The Morgan fingerprint density at radius 2 is 1.74 bits per heavy atom. The van der Waals surface area contributed by atoms with Crippen molar-refractivity contribution in [3.05, 3.63) is 81.9 Å². The molecular weight excluding hydrogens is 503 g/mol. The molecule has 3 aromatic rings. The second kappa shape index (κ2) is 9.22. The van der Waals surface area contributed by atoms with Crippen LogP contribution in [0.4, 0.5) is 27.6 Å². The van der Waals surface area contributed by atoms with Gasteiger partial charge in [-0.3, -0.25) is 4.79 Å². The minimum absolute atomic E-state index is 0.00473. The van der Waals surface area contributed by atoms with Crippen molar-refractivity contribution in [2.45, 2.75) is 18.0 Å². The van der Waals surface area contributed by atoms with Crippen LogP contribution in [0.15, 0.2) is 53.4 Å². The van der Waals surface area contributed by atoms with Crippen LogP contribution in [0.1, 0.15) is 21.5 Å². The van der Waals surface area contributed by atoms with Gasteiger partial charge >= 0.3 is 6.18 Å². The molecule has 3 aromatic carbocycles. The van der Waals surface area contributed by atoms with Crippen LogP contribution in [0, 0.1) is 23.3 Å². The summed E-state index contributed by atoms with van der Waals surface area (Å²) < 4.78 is 92.6. The minimum Gasteiger partial charge on any atom is -0.456 e. The van der Waals surface area contributed by atoms with Crippen molar-refractivity contribution in [1.82, 2.24) is 0 Å². The second-order valence-electron chi connectivity index (χ2n) is 7.28. The zero-order valence-electron chi connectivity index (χ0n) is 17.5. The number of ether oxygens (including phenoxy) is 1. The zero-order valence-corrected chi connectivity index (χ0v) is 19.1. The van der Waals surface area contributed by atoms with Gasteiger partial charge in [0.1, 0.15) is 23.1 Å². The molecule has 0 bridgehead atoms. The summed E-state index contributed by atoms with van der Waals surface area (Å²) in [6.07, 6.45) is -3.87. The van der Waals surface area contributed by atoms with Crippen LogP contribution >= 0.6 is 11.6 Å². The van der Waals surface area contributed by atoms with Gasteiger partial charge in [-0.2, -0.15) is 13.2 Å². The first kappa shape index (κ1) is 25.4. The van der Waals surface area contributed by atoms with Crippen molar-refractivity contribution < 1.29 is 35.7 Å². The van der Waals surface area contributed by atoms with E-state index in [4.69, 9.17) is 21.1 Å². The molecule has 0 fully saturated rings. The van der Waals surface area contributed by atoms with Crippen LogP contribution in [0.2, 0.25) is 5.02 Å². The third-order valence-electron chi connectivity index (χ3n) is 4.58. The van der Waals surface area contributed by atoms with Crippen LogP contribution in [0.25, 0.3) is 0 Å². The lowest BCUT2D eigenvalue weighted by molar-refractivity contribution is -0.137. The number of anilines is 1. The highest BCUT2D eigenvalue weighted by atomic mass is 35.5. The Hall–Kier alpha value is -3.18. The van der Waals surface area contributed by atoms with E-state index in [1.807, 2.05) is 0 Å². The molecule has 34 heavy (non-hydrogen) atoms. The number of rotatable bonds is 5. The Kier molecular flexibility index (Phi) is 6.90. The first-order chi connectivity index (χ1) is 15.7. The third kappa shape index (κ3) is 5.65. The maximum absolute atomic E-state index is 13.9. The predicted molar refractivity (Wildman–Crippen MR) is 117 cm³/mol. The van der Waals surface area contributed by atoms with Crippen LogP contribution in [-0.4, -0.2) is 16.4 Å². The molecule has 180 valence electrons. The molecule has 0 aliphatic heterocycles. The molecule has 0 spiro atoms. The lowest BCUT2D eigenvalue weighted by atomic mass is 10.1. The summed E-state index contributed by atoms with van der Waals surface area (Å²) >= 11 is 5.78. The minimum atomic E-state index is -4.86. The number of hydrogen-bond donors (Lipinski definition) is 2. The van der Waals surface area contributed by atoms with Gasteiger partial charge in [0.2, 0.25) is 0 Å². The Morgan fingerprint density at radius 3 is 2.32 bits per heavy atom. The summed E-state index contributed by atoms with van der Waals surface area (Å²) in [6.45, 7) is 1.46. The van der Waals surface area contributed by atoms with E-state index in [-0.39, 0.29) is 17.0 Å². The van der Waals surface area contributed by atoms with E-state index in [9.17, 15) is 31.0 Å². The largest absolute Gasteiger partial charge is 0.456 e. The summed E-state index contributed by atoms with van der Waals surface area (Å²) in [6, 6.07) is 7.61. The number of halogens is 6. The quantitative estimate of drug-likeness (QED) is 0.356. The monoisotopic (exact) mass is 518 g/mol. The number of benzene rings is 3. The van der Waals surface area contributed by atoms with Crippen molar-refractivity contribution in [3.8, 4) is 11.5 Å². The average molecular weight is 519 g/mol. The van der Waals surface area contributed by atoms with Crippen LogP contribution in [-0.2, 0) is 15.9 Å². The number of aryl methyl sites for hydroxylation is 1. The van der Waals surface area contributed by atoms with Gasteiger partial charge in [-0.1, -0.05) is 11.6 Å². The Morgan fingerprint density at radius 1 is 1.06 bits per heavy atom. The van der Waals surface area contributed by atoms with Crippen LogP contribution < -0.4 is 10.1 Å². The second-order valence-corrected chi connectivity index (χ2v) is 9.82. The Labute approximate surface area is 196 Å². The van der Waals surface area contributed by atoms with E-state index < -0.39 is 60.2 Å². The molecule has 0 aromatic heterocycles. The van der Waals surface area contributed by atoms with Crippen LogP contribution in [0.5, 0.6) is 11.5 Å². The summed E-state index contributed by atoms with van der Waals surface area (Å²) in [5, 5.41) is 1.56. The summed E-state index contributed by atoms with van der Waals surface area (Å²) in [5.41, 5.74) is -1.48. The number of hydrogen-bond acceptors (Lipinski definition) is 4. The van der Waals surface area contributed by atoms with E-state index in [0.717, 1.165) is 42.7 Å². The number of alkyl halides is 3. The molecule has 1 amide bonds. The standard InChI is InChI=1S/C22H16ClF5N2O3S/c1-11-7-12(24)3-6-18(11)33-19-10-15(22(26,27)28)16(23)9-14(19)21(31)30-13-4-5-17(25)20(8-13)34(2,29)32/h3-10,29H,1-2H3,(H,30,31). The van der Waals surface area contributed by atoms with Crippen molar-refractivity contribution in [1.29, 1.82) is 4.78 Å².